The van der Waals surface area contributed by atoms with E-state index in [-0.39, 0.29) is 12.0 Å². The molecule has 0 bridgehead atoms. The van der Waals surface area contributed by atoms with Gasteiger partial charge in [0.05, 0.1) is 12.2 Å². The Morgan fingerprint density at radius 1 is 1.28 bits per heavy atom. The summed E-state index contributed by atoms with van der Waals surface area (Å²) in [4.78, 5) is 24.1. The molecule has 1 aliphatic heterocycles. The molecule has 1 amide bonds. The molecule has 2 aliphatic rings. The number of aryl methyl sites for hydroxylation is 1. The van der Waals surface area contributed by atoms with Crippen molar-refractivity contribution in [3.8, 4) is 0 Å². The maximum absolute atomic E-state index is 12.7. The summed E-state index contributed by atoms with van der Waals surface area (Å²) in [7, 11) is 0. The maximum Gasteiger partial charge on any atom is 0.225 e. The highest BCUT2D eigenvalue weighted by atomic mass is 16.2. The van der Waals surface area contributed by atoms with Gasteiger partial charge in [-0.2, -0.15) is 0 Å². The van der Waals surface area contributed by atoms with E-state index in [1.165, 1.54) is 12.8 Å². The molecular formula is C22H32N6O. The van der Waals surface area contributed by atoms with E-state index in [1.54, 1.807) is 0 Å². The van der Waals surface area contributed by atoms with Crippen LogP contribution in [0.2, 0.25) is 0 Å². The predicted molar refractivity (Wildman–Crippen MR) is 115 cm³/mol. The second-order valence-corrected chi connectivity index (χ2v) is 8.22. The zero-order valence-corrected chi connectivity index (χ0v) is 17.5. The number of nitrogens with one attached hydrogen (secondary N) is 2. The largest absolute Gasteiger partial charge is 0.357 e. The smallest absolute Gasteiger partial charge is 0.225 e. The molecule has 1 atom stereocenters. The number of aromatic nitrogens is 2. The van der Waals surface area contributed by atoms with Gasteiger partial charge in [0.2, 0.25) is 5.91 Å². The van der Waals surface area contributed by atoms with Crippen molar-refractivity contribution in [2.24, 2.45) is 10.9 Å². The molecule has 7 heteroatoms. The molecule has 2 N–H and O–H groups in total. The van der Waals surface area contributed by atoms with Gasteiger partial charge in [0.1, 0.15) is 5.65 Å². The summed E-state index contributed by atoms with van der Waals surface area (Å²) in [6, 6.07) is 6.36. The normalized spacial score (nSPS) is 20.6. The van der Waals surface area contributed by atoms with Crippen molar-refractivity contribution in [1.82, 2.24) is 24.9 Å². The van der Waals surface area contributed by atoms with Crippen molar-refractivity contribution >= 4 is 17.5 Å². The summed E-state index contributed by atoms with van der Waals surface area (Å²) in [5, 5.41) is 6.84. The average Bonchev–Trinajstić information content (AvgIpc) is 3.46. The minimum absolute atomic E-state index is 0.251. The number of hydrogen-bond donors (Lipinski definition) is 2. The molecule has 156 valence electrons. The number of likely N-dealkylation sites (tertiary alicyclic amines) is 1. The molecule has 0 spiro atoms. The Bertz CT molecular complexity index is 883. The molecule has 7 nitrogen and oxygen atoms in total. The zero-order valence-electron chi connectivity index (χ0n) is 17.5. The third kappa shape index (κ3) is 4.54. The van der Waals surface area contributed by atoms with Crippen LogP contribution in [0.15, 0.2) is 29.4 Å². The lowest BCUT2D eigenvalue weighted by molar-refractivity contribution is -0.134. The Kier molecular flexibility index (Phi) is 6.02. The first-order valence-corrected chi connectivity index (χ1v) is 10.9. The van der Waals surface area contributed by atoms with E-state index < -0.39 is 0 Å². The van der Waals surface area contributed by atoms with Crippen LogP contribution in [0.4, 0.5) is 0 Å². The molecule has 1 unspecified atom stereocenters. The summed E-state index contributed by atoms with van der Waals surface area (Å²) in [5.74, 6) is 1.41. The number of aliphatic imine (C=N–C) groups is 1. The molecule has 1 saturated heterocycles. The average molecular weight is 397 g/mol. The zero-order chi connectivity index (χ0) is 20.2. The second kappa shape index (κ2) is 8.84. The Hall–Kier alpha value is -2.57. The van der Waals surface area contributed by atoms with Gasteiger partial charge < -0.3 is 19.9 Å². The number of amides is 1. The Balaban J connectivity index is 1.37. The SMILES string of the molecule is CCNC(=NCc1cn2c(C)cccc2n1)NC1CCN(C(=O)C2CCCC2)C1. The van der Waals surface area contributed by atoms with Gasteiger partial charge in [0.25, 0.3) is 0 Å². The van der Waals surface area contributed by atoms with Gasteiger partial charge in [-0.25, -0.2) is 9.98 Å². The number of pyridine rings is 1. The lowest BCUT2D eigenvalue weighted by atomic mass is 10.1. The van der Waals surface area contributed by atoms with Crippen molar-refractivity contribution in [2.75, 3.05) is 19.6 Å². The maximum atomic E-state index is 12.7. The van der Waals surface area contributed by atoms with E-state index in [0.29, 0.717) is 12.5 Å². The van der Waals surface area contributed by atoms with Gasteiger partial charge in [-0.1, -0.05) is 18.9 Å². The van der Waals surface area contributed by atoms with Crippen LogP contribution < -0.4 is 10.6 Å². The molecule has 1 aliphatic carbocycles. The van der Waals surface area contributed by atoms with Crippen LogP contribution in [0, 0.1) is 12.8 Å². The topological polar surface area (TPSA) is 74.0 Å². The first kappa shape index (κ1) is 19.7. The van der Waals surface area contributed by atoms with Crippen molar-refractivity contribution in [3.63, 3.8) is 0 Å². The van der Waals surface area contributed by atoms with E-state index in [1.807, 2.05) is 17.0 Å². The van der Waals surface area contributed by atoms with Gasteiger partial charge >= 0.3 is 0 Å². The second-order valence-electron chi connectivity index (χ2n) is 8.22. The predicted octanol–water partition coefficient (Wildman–Crippen LogP) is 2.49. The number of fused-ring (bicyclic) bond motifs is 1. The number of carbonyl (C=O) groups excluding carboxylic acids is 1. The fraction of sp³-hybridized carbons (Fsp3) is 0.591. The van der Waals surface area contributed by atoms with Crippen LogP contribution in [-0.4, -0.2) is 51.8 Å². The molecule has 4 rings (SSSR count). The number of carbonyl (C=O) groups is 1. The van der Waals surface area contributed by atoms with Gasteiger partial charge in [0.15, 0.2) is 5.96 Å². The molecule has 2 fully saturated rings. The van der Waals surface area contributed by atoms with Gasteiger partial charge in [-0.05, 0) is 45.2 Å². The molecule has 29 heavy (non-hydrogen) atoms. The number of rotatable bonds is 5. The quantitative estimate of drug-likeness (QED) is 0.602. The van der Waals surface area contributed by atoms with Crippen molar-refractivity contribution in [1.29, 1.82) is 0 Å². The summed E-state index contributed by atoms with van der Waals surface area (Å²) in [6.45, 7) is 7.08. The van der Waals surface area contributed by atoms with Gasteiger partial charge in [0, 0.05) is 43.5 Å². The highest BCUT2D eigenvalue weighted by molar-refractivity contribution is 5.81. The fourth-order valence-corrected chi connectivity index (χ4v) is 4.46. The Morgan fingerprint density at radius 2 is 2.10 bits per heavy atom. The van der Waals surface area contributed by atoms with Crippen LogP contribution in [0.5, 0.6) is 0 Å². The Labute approximate surface area is 172 Å². The lowest BCUT2D eigenvalue weighted by Crippen LogP contribution is -2.45. The highest BCUT2D eigenvalue weighted by Crippen LogP contribution is 2.27. The highest BCUT2D eigenvalue weighted by Gasteiger charge is 2.32. The monoisotopic (exact) mass is 396 g/mol. The van der Waals surface area contributed by atoms with Crippen LogP contribution >= 0.6 is 0 Å². The molecule has 2 aromatic heterocycles. The fourth-order valence-electron chi connectivity index (χ4n) is 4.46. The standard InChI is InChI=1S/C22H32N6O/c1-3-23-22(24-13-19-15-28-16(2)7-6-10-20(28)25-19)26-18-11-12-27(14-18)21(29)17-8-4-5-9-17/h6-7,10,15,17-18H,3-5,8-9,11-14H2,1-2H3,(H2,23,24,26). The molecule has 2 aromatic rings. The molecule has 1 saturated carbocycles. The number of hydrogen-bond acceptors (Lipinski definition) is 3. The minimum Gasteiger partial charge on any atom is -0.357 e. The third-order valence-corrected chi connectivity index (χ3v) is 6.03. The summed E-state index contributed by atoms with van der Waals surface area (Å²) in [5.41, 5.74) is 3.05. The number of imidazole rings is 1. The van der Waals surface area contributed by atoms with Crippen molar-refractivity contribution < 1.29 is 4.79 Å². The summed E-state index contributed by atoms with van der Waals surface area (Å²) >= 11 is 0. The van der Waals surface area contributed by atoms with E-state index in [4.69, 9.17) is 4.99 Å². The van der Waals surface area contributed by atoms with Crippen LogP contribution in [0.25, 0.3) is 5.65 Å². The van der Waals surface area contributed by atoms with Crippen molar-refractivity contribution in [2.45, 2.75) is 58.5 Å². The van der Waals surface area contributed by atoms with Gasteiger partial charge in [-0.3, -0.25) is 4.79 Å². The number of nitrogens with zero attached hydrogens (tertiary/aromatic N) is 4. The first-order valence-electron chi connectivity index (χ1n) is 10.9. The third-order valence-electron chi connectivity index (χ3n) is 6.03. The lowest BCUT2D eigenvalue weighted by Gasteiger charge is -2.21. The van der Waals surface area contributed by atoms with Crippen LogP contribution in [0.3, 0.4) is 0 Å². The van der Waals surface area contributed by atoms with E-state index in [0.717, 1.165) is 61.9 Å². The molecular weight excluding hydrogens is 364 g/mol. The number of guanidine groups is 1. The van der Waals surface area contributed by atoms with E-state index in [2.05, 4.69) is 46.1 Å². The Morgan fingerprint density at radius 3 is 2.86 bits per heavy atom. The van der Waals surface area contributed by atoms with E-state index in [9.17, 15) is 4.79 Å². The molecule has 0 aromatic carbocycles. The van der Waals surface area contributed by atoms with Crippen molar-refractivity contribution in [3.05, 3.63) is 35.8 Å². The summed E-state index contributed by atoms with van der Waals surface area (Å²) in [6.07, 6.45) is 7.55. The van der Waals surface area contributed by atoms with Crippen LogP contribution in [-0.2, 0) is 11.3 Å². The van der Waals surface area contributed by atoms with Gasteiger partial charge in [-0.15, -0.1) is 0 Å². The summed E-state index contributed by atoms with van der Waals surface area (Å²) < 4.78 is 2.09. The van der Waals surface area contributed by atoms with E-state index >= 15 is 0 Å². The minimum atomic E-state index is 0.251. The first-order chi connectivity index (χ1) is 14.1. The molecule has 0 radical (unpaired) electrons. The molecule has 3 heterocycles. The van der Waals surface area contributed by atoms with Crippen LogP contribution in [0.1, 0.15) is 50.4 Å².